The number of alkyl halides is 3. The number of para-hydroxylation sites is 2. The first-order valence-electron chi connectivity index (χ1n) is 8.58. The molecule has 1 aliphatic heterocycles. The molecule has 1 aliphatic rings. The lowest BCUT2D eigenvalue weighted by atomic mass is 10.1. The molecule has 0 bridgehead atoms. The number of nitrogens with zero attached hydrogens (tertiary/aromatic N) is 3. The zero-order valence-electron chi connectivity index (χ0n) is 14.6. The van der Waals surface area contributed by atoms with Gasteiger partial charge in [-0.2, -0.15) is 13.2 Å². The maximum Gasteiger partial charge on any atom is 0.418 e. The van der Waals surface area contributed by atoms with Crippen LogP contribution in [0.15, 0.2) is 60.9 Å². The van der Waals surface area contributed by atoms with Crippen molar-refractivity contribution in [3.8, 4) is 0 Å². The van der Waals surface area contributed by atoms with E-state index in [0.29, 0.717) is 12.4 Å². The van der Waals surface area contributed by atoms with Gasteiger partial charge in [0.1, 0.15) is 17.8 Å². The molecule has 28 heavy (non-hydrogen) atoms. The quantitative estimate of drug-likeness (QED) is 0.725. The molecule has 8 heteroatoms. The average molecular weight is 384 g/mol. The number of hydrogen-bond donors (Lipinski definition) is 1. The van der Waals surface area contributed by atoms with Crippen LogP contribution in [-0.2, 0) is 12.6 Å². The Balaban J connectivity index is 1.60. The van der Waals surface area contributed by atoms with Gasteiger partial charge in [0.25, 0.3) is 5.91 Å². The van der Waals surface area contributed by atoms with Crippen LogP contribution < -0.4 is 10.2 Å². The number of nitrogens with one attached hydrogen (secondary N) is 1. The molecule has 0 fully saturated rings. The summed E-state index contributed by atoms with van der Waals surface area (Å²) in [6, 6.07) is 14.2. The van der Waals surface area contributed by atoms with E-state index in [0.717, 1.165) is 18.2 Å². The van der Waals surface area contributed by atoms with Crippen LogP contribution in [0.2, 0.25) is 0 Å². The topological polar surface area (TPSA) is 58.1 Å². The molecular formula is C20H15F3N4O. The number of aromatic nitrogens is 2. The summed E-state index contributed by atoms with van der Waals surface area (Å²) in [7, 11) is 0. The minimum atomic E-state index is -4.57. The monoisotopic (exact) mass is 384 g/mol. The number of rotatable bonds is 3. The van der Waals surface area contributed by atoms with Gasteiger partial charge in [-0.1, -0.05) is 30.3 Å². The smallest absolute Gasteiger partial charge is 0.326 e. The molecule has 1 aromatic heterocycles. The number of fused-ring (bicyclic) bond motifs is 1. The predicted octanol–water partition coefficient (Wildman–Crippen LogP) is 4.44. The maximum absolute atomic E-state index is 13.1. The third-order valence-corrected chi connectivity index (χ3v) is 4.53. The summed E-state index contributed by atoms with van der Waals surface area (Å²) in [5.41, 5.74) is 0.935. The van der Waals surface area contributed by atoms with E-state index >= 15 is 0 Å². The van der Waals surface area contributed by atoms with E-state index in [1.54, 1.807) is 0 Å². The Kier molecular flexibility index (Phi) is 4.46. The molecule has 2 aromatic carbocycles. The summed E-state index contributed by atoms with van der Waals surface area (Å²) in [5.74, 6) is -0.206. The molecule has 1 N–H and O–H groups in total. The van der Waals surface area contributed by atoms with E-state index in [1.807, 2.05) is 29.2 Å². The third-order valence-electron chi connectivity index (χ3n) is 4.53. The third kappa shape index (κ3) is 3.40. The molecule has 0 spiro atoms. The highest BCUT2D eigenvalue weighted by molar-refractivity contribution is 6.03. The van der Waals surface area contributed by atoms with Crippen LogP contribution in [0, 0.1) is 0 Å². The molecule has 0 saturated heterocycles. The number of hydrogen-bond acceptors (Lipinski definition) is 4. The number of carbonyl (C=O) groups is 1. The lowest BCUT2D eigenvalue weighted by molar-refractivity contribution is -0.136. The van der Waals surface area contributed by atoms with Gasteiger partial charge in [0, 0.05) is 18.3 Å². The van der Waals surface area contributed by atoms with Crippen LogP contribution in [-0.4, -0.2) is 22.4 Å². The van der Waals surface area contributed by atoms with Gasteiger partial charge in [-0.3, -0.25) is 4.79 Å². The molecule has 0 atom stereocenters. The minimum absolute atomic E-state index is 0.00800. The van der Waals surface area contributed by atoms with Crippen molar-refractivity contribution in [3.63, 3.8) is 0 Å². The summed E-state index contributed by atoms with van der Waals surface area (Å²) in [4.78, 5) is 22.6. The summed E-state index contributed by atoms with van der Waals surface area (Å²) >= 11 is 0. The normalized spacial score (nSPS) is 13.3. The van der Waals surface area contributed by atoms with Crippen molar-refractivity contribution in [3.05, 3.63) is 77.7 Å². The highest BCUT2D eigenvalue weighted by Crippen LogP contribution is 2.35. The molecule has 0 saturated carbocycles. The van der Waals surface area contributed by atoms with Gasteiger partial charge in [0.15, 0.2) is 0 Å². The first kappa shape index (κ1) is 18.0. The van der Waals surface area contributed by atoms with Crippen molar-refractivity contribution in [2.24, 2.45) is 0 Å². The zero-order valence-corrected chi connectivity index (χ0v) is 14.6. The zero-order chi connectivity index (χ0) is 19.7. The van der Waals surface area contributed by atoms with Gasteiger partial charge >= 0.3 is 6.18 Å². The molecule has 4 rings (SSSR count). The predicted molar refractivity (Wildman–Crippen MR) is 98.6 cm³/mol. The molecule has 1 amide bonds. The Labute approximate surface area is 158 Å². The number of amides is 1. The van der Waals surface area contributed by atoms with E-state index in [4.69, 9.17) is 0 Å². The minimum Gasteiger partial charge on any atom is -0.326 e. The maximum atomic E-state index is 13.1. The Bertz CT molecular complexity index is 1040. The molecule has 5 nitrogen and oxygen atoms in total. The average Bonchev–Trinajstić information content (AvgIpc) is 3.12. The number of carbonyl (C=O) groups excluding carboxylic acids is 1. The van der Waals surface area contributed by atoms with Crippen LogP contribution in [0.1, 0.15) is 21.6 Å². The molecule has 3 aromatic rings. The number of benzene rings is 2. The van der Waals surface area contributed by atoms with Crippen molar-refractivity contribution in [2.75, 3.05) is 16.8 Å². The summed E-state index contributed by atoms with van der Waals surface area (Å²) < 4.78 is 39.4. The van der Waals surface area contributed by atoms with Gasteiger partial charge in [-0.05, 0) is 30.2 Å². The van der Waals surface area contributed by atoms with Crippen LogP contribution >= 0.6 is 0 Å². The van der Waals surface area contributed by atoms with Crippen LogP contribution in [0.4, 0.5) is 30.4 Å². The van der Waals surface area contributed by atoms with Crippen molar-refractivity contribution in [2.45, 2.75) is 12.6 Å². The Morgan fingerprint density at radius 3 is 2.61 bits per heavy atom. The van der Waals surface area contributed by atoms with E-state index in [1.165, 1.54) is 36.2 Å². The second-order valence-corrected chi connectivity index (χ2v) is 6.29. The second-order valence-electron chi connectivity index (χ2n) is 6.29. The first-order chi connectivity index (χ1) is 13.4. The van der Waals surface area contributed by atoms with E-state index in [2.05, 4.69) is 15.3 Å². The fourth-order valence-electron chi connectivity index (χ4n) is 3.22. The van der Waals surface area contributed by atoms with Crippen molar-refractivity contribution >= 4 is 23.1 Å². The van der Waals surface area contributed by atoms with Crippen LogP contribution in [0.25, 0.3) is 0 Å². The fraction of sp³-hybridized carbons (Fsp3) is 0.150. The molecule has 0 radical (unpaired) electrons. The van der Waals surface area contributed by atoms with Gasteiger partial charge in [0.05, 0.1) is 11.3 Å². The molecule has 2 heterocycles. The van der Waals surface area contributed by atoms with Crippen molar-refractivity contribution in [1.82, 2.24) is 9.97 Å². The number of anilines is 3. The van der Waals surface area contributed by atoms with Crippen molar-refractivity contribution < 1.29 is 18.0 Å². The van der Waals surface area contributed by atoms with Crippen LogP contribution in [0.3, 0.4) is 0 Å². The van der Waals surface area contributed by atoms with Gasteiger partial charge in [-0.15, -0.1) is 0 Å². The lowest BCUT2D eigenvalue weighted by Crippen LogP contribution is -2.20. The highest BCUT2D eigenvalue weighted by atomic mass is 19.4. The summed E-state index contributed by atoms with van der Waals surface area (Å²) in [6.45, 7) is 0.703. The molecule has 142 valence electrons. The highest BCUT2D eigenvalue weighted by Gasteiger charge is 2.33. The van der Waals surface area contributed by atoms with Crippen LogP contribution in [0.5, 0.6) is 0 Å². The van der Waals surface area contributed by atoms with E-state index < -0.39 is 17.6 Å². The Hall–Kier alpha value is -3.42. The molecule has 0 aliphatic carbocycles. The second kappa shape index (κ2) is 6.95. The lowest BCUT2D eigenvalue weighted by Gasteiger charge is -2.18. The molecule has 0 unspecified atom stereocenters. The fourth-order valence-corrected chi connectivity index (χ4v) is 3.22. The van der Waals surface area contributed by atoms with E-state index in [9.17, 15) is 18.0 Å². The number of halogens is 3. The Morgan fingerprint density at radius 1 is 1.04 bits per heavy atom. The standard InChI is InChI=1S/C20H15F3N4O/c21-20(22,23)14-6-2-3-7-15(14)26-19(28)16-11-18(25-12-24-16)27-10-9-13-5-1-4-8-17(13)27/h1-8,11-12H,9-10H2,(H,26,28). The summed E-state index contributed by atoms with van der Waals surface area (Å²) in [6.07, 6.45) is -2.48. The Morgan fingerprint density at radius 2 is 1.79 bits per heavy atom. The van der Waals surface area contributed by atoms with Gasteiger partial charge in [0.2, 0.25) is 0 Å². The summed E-state index contributed by atoms with van der Waals surface area (Å²) in [5, 5.41) is 2.30. The molecular weight excluding hydrogens is 369 g/mol. The SMILES string of the molecule is O=C(Nc1ccccc1C(F)(F)F)c1cc(N2CCc3ccccc32)ncn1. The van der Waals surface area contributed by atoms with Crippen molar-refractivity contribution in [1.29, 1.82) is 0 Å². The largest absolute Gasteiger partial charge is 0.418 e. The van der Waals surface area contributed by atoms with Gasteiger partial charge in [-0.25, -0.2) is 9.97 Å². The first-order valence-corrected chi connectivity index (χ1v) is 8.58. The van der Waals surface area contributed by atoms with E-state index in [-0.39, 0.29) is 11.4 Å². The van der Waals surface area contributed by atoms with Gasteiger partial charge < -0.3 is 10.2 Å².